The molecule has 0 saturated heterocycles. The Morgan fingerprint density at radius 3 is 2.12 bits per heavy atom. The highest BCUT2D eigenvalue weighted by Crippen LogP contribution is 2.18. The van der Waals surface area contributed by atoms with Crippen molar-refractivity contribution < 1.29 is 17.9 Å². The standard InChI is InChI=1S/C18H21ClN2O4S/c1-12(2)17(18(22)20-14-6-4-13(19)5-7-14)21-26(23,24)16-10-8-15(25-3)9-11-16/h4-12,17,21H,1-3H3,(H,20,22). The van der Waals surface area contributed by atoms with Crippen LogP contribution in [0.1, 0.15) is 13.8 Å². The molecule has 0 saturated carbocycles. The molecule has 8 heteroatoms. The van der Waals surface area contributed by atoms with Gasteiger partial charge >= 0.3 is 0 Å². The highest BCUT2D eigenvalue weighted by molar-refractivity contribution is 7.89. The average Bonchev–Trinajstić information content (AvgIpc) is 2.61. The van der Waals surface area contributed by atoms with Crippen LogP contribution in [0.5, 0.6) is 5.75 Å². The summed E-state index contributed by atoms with van der Waals surface area (Å²) in [5.41, 5.74) is 0.536. The second-order valence-corrected chi connectivity index (χ2v) is 8.17. The third-order valence-corrected chi connectivity index (χ3v) is 5.42. The van der Waals surface area contributed by atoms with Crippen molar-refractivity contribution in [3.8, 4) is 5.75 Å². The van der Waals surface area contributed by atoms with E-state index in [9.17, 15) is 13.2 Å². The van der Waals surface area contributed by atoms with Crippen LogP contribution in [0.4, 0.5) is 5.69 Å². The van der Waals surface area contributed by atoms with Crippen molar-refractivity contribution in [3.05, 3.63) is 53.6 Å². The Morgan fingerprint density at radius 2 is 1.62 bits per heavy atom. The van der Waals surface area contributed by atoms with E-state index in [1.54, 1.807) is 50.2 Å². The largest absolute Gasteiger partial charge is 0.497 e. The lowest BCUT2D eigenvalue weighted by atomic mass is 10.0. The maximum atomic E-state index is 12.6. The normalized spacial score (nSPS) is 12.7. The molecule has 6 nitrogen and oxygen atoms in total. The molecule has 2 N–H and O–H groups in total. The fraction of sp³-hybridized carbons (Fsp3) is 0.278. The first-order valence-electron chi connectivity index (χ1n) is 7.96. The number of sulfonamides is 1. The fourth-order valence-electron chi connectivity index (χ4n) is 2.24. The predicted octanol–water partition coefficient (Wildman–Crippen LogP) is 3.29. The number of nitrogens with one attached hydrogen (secondary N) is 2. The second-order valence-electron chi connectivity index (χ2n) is 6.01. The van der Waals surface area contributed by atoms with Gasteiger partial charge in [-0.1, -0.05) is 25.4 Å². The van der Waals surface area contributed by atoms with Crippen LogP contribution >= 0.6 is 11.6 Å². The van der Waals surface area contributed by atoms with Gasteiger partial charge in [-0.15, -0.1) is 0 Å². The summed E-state index contributed by atoms with van der Waals surface area (Å²) in [6.45, 7) is 3.53. The Morgan fingerprint density at radius 1 is 1.04 bits per heavy atom. The Bertz CT molecular complexity index is 850. The zero-order valence-corrected chi connectivity index (χ0v) is 16.3. The van der Waals surface area contributed by atoms with Crippen molar-refractivity contribution in [2.24, 2.45) is 5.92 Å². The van der Waals surface area contributed by atoms with Gasteiger partial charge in [0.1, 0.15) is 11.8 Å². The summed E-state index contributed by atoms with van der Waals surface area (Å²) in [5.74, 6) is -0.153. The van der Waals surface area contributed by atoms with Gasteiger partial charge in [0.2, 0.25) is 15.9 Å². The zero-order chi connectivity index (χ0) is 19.3. The molecule has 0 fully saturated rings. The topological polar surface area (TPSA) is 84.5 Å². The summed E-state index contributed by atoms with van der Waals surface area (Å²) >= 11 is 5.82. The second kappa shape index (κ2) is 8.53. The van der Waals surface area contributed by atoms with E-state index >= 15 is 0 Å². The summed E-state index contributed by atoms with van der Waals surface area (Å²) in [4.78, 5) is 12.6. The quantitative estimate of drug-likeness (QED) is 0.752. The molecule has 0 heterocycles. The van der Waals surface area contributed by atoms with Gasteiger partial charge in [0.25, 0.3) is 0 Å². The summed E-state index contributed by atoms with van der Waals surface area (Å²) in [5, 5.41) is 3.24. The van der Waals surface area contributed by atoms with Crippen molar-refractivity contribution in [2.75, 3.05) is 12.4 Å². The molecule has 0 spiro atoms. The van der Waals surface area contributed by atoms with Gasteiger partial charge in [0.15, 0.2) is 0 Å². The lowest BCUT2D eigenvalue weighted by Gasteiger charge is -2.21. The van der Waals surface area contributed by atoms with E-state index in [2.05, 4.69) is 10.0 Å². The van der Waals surface area contributed by atoms with Gasteiger partial charge in [-0.25, -0.2) is 8.42 Å². The Labute approximate surface area is 158 Å². The van der Waals surface area contributed by atoms with Gasteiger partial charge in [-0.05, 0) is 54.4 Å². The van der Waals surface area contributed by atoms with Crippen LogP contribution in [0, 0.1) is 5.92 Å². The van der Waals surface area contributed by atoms with Gasteiger partial charge < -0.3 is 10.1 Å². The number of rotatable bonds is 7. The summed E-state index contributed by atoms with van der Waals surface area (Å²) in [7, 11) is -2.36. The van der Waals surface area contributed by atoms with Crippen molar-refractivity contribution in [3.63, 3.8) is 0 Å². The third-order valence-electron chi connectivity index (χ3n) is 3.71. The minimum atomic E-state index is -3.86. The number of carbonyl (C=O) groups is 1. The first-order chi connectivity index (χ1) is 12.2. The maximum absolute atomic E-state index is 12.6. The van der Waals surface area contributed by atoms with Crippen molar-refractivity contribution in [2.45, 2.75) is 24.8 Å². The van der Waals surface area contributed by atoms with Crippen LogP contribution in [0.25, 0.3) is 0 Å². The van der Waals surface area contributed by atoms with E-state index < -0.39 is 22.0 Å². The van der Waals surface area contributed by atoms with Crippen LogP contribution < -0.4 is 14.8 Å². The Balaban J connectivity index is 2.17. The van der Waals surface area contributed by atoms with Crippen LogP contribution in [0.2, 0.25) is 5.02 Å². The molecule has 26 heavy (non-hydrogen) atoms. The molecule has 0 aromatic heterocycles. The number of carbonyl (C=O) groups excluding carboxylic acids is 1. The first kappa shape index (κ1) is 20.2. The van der Waals surface area contributed by atoms with E-state index in [-0.39, 0.29) is 10.8 Å². The number of methoxy groups -OCH3 is 1. The Hall–Kier alpha value is -2.09. The molecule has 2 rings (SSSR count). The molecule has 0 aliphatic carbocycles. The summed E-state index contributed by atoms with van der Waals surface area (Å²) in [6, 6.07) is 11.6. The highest BCUT2D eigenvalue weighted by atomic mass is 35.5. The van der Waals surface area contributed by atoms with E-state index in [1.165, 1.54) is 19.2 Å². The minimum absolute atomic E-state index is 0.0586. The number of hydrogen-bond donors (Lipinski definition) is 2. The molecule has 0 radical (unpaired) electrons. The number of amides is 1. The molecular weight excluding hydrogens is 376 g/mol. The fourth-order valence-corrected chi connectivity index (χ4v) is 3.71. The number of hydrogen-bond acceptors (Lipinski definition) is 4. The predicted molar refractivity (Wildman–Crippen MR) is 102 cm³/mol. The average molecular weight is 397 g/mol. The van der Waals surface area contributed by atoms with Crippen LogP contribution in [0.15, 0.2) is 53.4 Å². The third kappa shape index (κ3) is 5.20. The van der Waals surface area contributed by atoms with Crippen molar-refractivity contribution in [1.29, 1.82) is 0 Å². The minimum Gasteiger partial charge on any atom is -0.497 e. The van der Waals surface area contributed by atoms with Crippen LogP contribution in [-0.4, -0.2) is 27.5 Å². The van der Waals surface area contributed by atoms with Gasteiger partial charge in [-0.3, -0.25) is 4.79 Å². The summed E-state index contributed by atoms with van der Waals surface area (Å²) < 4.78 is 32.7. The van der Waals surface area contributed by atoms with Gasteiger partial charge in [0, 0.05) is 10.7 Å². The number of benzene rings is 2. The lowest BCUT2D eigenvalue weighted by Crippen LogP contribution is -2.47. The molecule has 2 aromatic carbocycles. The molecular formula is C18H21ClN2O4S. The van der Waals surface area contributed by atoms with E-state index in [0.29, 0.717) is 16.5 Å². The van der Waals surface area contributed by atoms with E-state index in [4.69, 9.17) is 16.3 Å². The van der Waals surface area contributed by atoms with Gasteiger partial charge in [-0.2, -0.15) is 4.72 Å². The SMILES string of the molecule is COc1ccc(S(=O)(=O)NC(C(=O)Nc2ccc(Cl)cc2)C(C)C)cc1. The molecule has 2 aromatic rings. The first-order valence-corrected chi connectivity index (χ1v) is 9.82. The molecule has 0 aliphatic heterocycles. The van der Waals surface area contributed by atoms with Crippen molar-refractivity contribution >= 4 is 33.2 Å². The van der Waals surface area contributed by atoms with Gasteiger partial charge in [0.05, 0.1) is 12.0 Å². The number of halogens is 1. The molecule has 1 atom stereocenters. The molecule has 140 valence electrons. The Kier molecular flexibility index (Phi) is 6.63. The smallest absolute Gasteiger partial charge is 0.242 e. The monoisotopic (exact) mass is 396 g/mol. The molecule has 0 aliphatic rings. The van der Waals surface area contributed by atoms with Crippen LogP contribution in [0.3, 0.4) is 0 Å². The molecule has 1 amide bonds. The number of ether oxygens (including phenoxy) is 1. The van der Waals surface area contributed by atoms with E-state index in [0.717, 1.165) is 0 Å². The van der Waals surface area contributed by atoms with Crippen LogP contribution in [-0.2, 0) is 14.8 Å². The van der Waals surface area contributed by atoms with E-state index in [1.807, 2.05) is 0 Å². The maximum Gasteiger partial charge on any atom is 0.242 e. The zero-order valence-electron chi connectivity index (χ0n) is 14.7. The molecule has 1 unspecified atom stereocenters. The van der Waals surface area contributed by atoms with Crippen molar-refractivity contribution in [1.82, 2.24) is 4.72 Å². The lowest BCUT2D eigenvalue weighted by molar-refractivity contribution is -0.118. The summed E-state index contributed by atoms with van der Waals surface area (Å²) in [6.07, 6.45) is 0. The highest BCUT2D eigenvalue weighted by Gasteiger charge is 2.28. The number of anilines is 1. The molecule has 0 bridgehead atoms.